The van der Waals surface area contributed by atoms with Crippen LogP contribution in [-0.2, 0) is 10.1 Å². The van der Waals surface area contributed by atoms with Crippen LogP contribution < -0.4 is 5.56 Å². The van der Waals surface area contributed by atoms with Crippen molar-refractivity contribution in [1.82, 2.24) is 4.57 Å². The summed E-state index contributed by atoms with van der Waals surface area (Å²) in [7, 11) is -4.66. The first-order valence-electron chi connectivity index (χ1n) is 5.31. The first-order chi connectivity index (χ1) is 8.82. The summed E-state index contributed by atoms with van der Waals surface area (Å²) in [6.07, 6.45) is 0. The predicted octanol–water partition coefficient (Wildman–Crippen LogP) is 1.10. The maximum atomic E-state index is 12.1. The van der Waals surface area contributed by atoms with Crippen LogP contribution in [0.25, 0.3) is 5.69 Å². The van der Waals surface area contributed by atoms with E-state index >= 15 is 0 Å². The number of aryl methyl sites for hydroxylation is 1. The molecule has 0 fully saturated rings. The Labute approximate surface area is 109 Å². The summed E-state index contributed by atoms with van der Waals surface area (Å²) in [5.41, 5.74) is -0.710. The van der Waals surface area contributed by atoms with Gasteiger partial charge >= 0.3 is 0 Å². The number of nitrogens with zero attached hydrogens (tertiary/aromatic N) is 1. The van der Waals surface area contributed by atoms with Crippen LogP contribution in [-0.4, -0.2) is 22.6 Å². The molecule has 1 heterocycles. The van der Waals surface area contributed by atoms with Crippen LogP contribution in [0, 0.1) is 6.92 Å². The fourth-order valence-electron chi connectivity index (χ4n) is 1.84. The molecule has 100 valence electrons. The second kappa shape index (κ2) is 4.52. The lowest BCUT2D eigenvalue weighted by atomic mass is 10.2. The van der Waals surface area contributed by atoms with E-state index in [1.54, 1.807) is 18.2 Å². The summed E-state index contributed by atoms with van der Waals surface area (Å²) in [6.45, 7) is 1.32. The van der Waals surface area contributed by atoms with E-state index in [-0.39, 0.29) is 5.56 Å². The zero-order chi connectivity index (χ0) is 14.2. The van der Waals surface area contributed by atoms with Crippen molar-refractivity contribution in [1.29, 1.82) is 0 Å². The van der Waals surface area contributed by atoms with Gasteiger partial charge in [0, 0.05) is 6.07 Å². The van der Waals surface area contributed by atoms with E-state index in [0.29, 0.717) is 5.69 Å². The number of aromatic nitrogens is 1. The fraction of sp³-hybridized carbons (Fsp3) is 0.0833. The maximum Gasteiger partial charge on any atom is 0.300 e. The zero-order valence-corrected chi connectivity index (χ0v) is 10.8. The lowest BCUT2D eigenvalue weighted by Crippen LogP contribution is -2.25. The summed E-state index contributed by atoms with van der Waals surface area (Å²) < 4.78 is 32.4. The van der Waals surface area contributed by atoms with Gasteiger partial charge in [0.1, 0.15) is 0 Å². The van der Waals surface area contributed by atoms with Gasteiger partial charge in [0.25, 0.3) is 15.7 Å². The first kappa shape index (κ1) is 13.3. The fourth-order valence-corrected chi connectivity index (χ4v) is 2.62. The Balaban J connectivity index is 2.89. The lowest BCUT2D eigenvalue weighted by molar-refractivity contribution is 0.430. The van der Waals surface area contributed by atoms with Crippen molar-refractivity contribution in [2.45, 2.75) is 11.8 Å². The molecular weight excluding hydrogens is 270 g/mol. The van der Waals surface area contributed by atoms with E-state index < -0.39 is 26.5 Å². The monoisotopic (exact) mass is 281 g/mol. The Morgan fingerprint density at radius 3 is 2.26 bits per heavy atom. The molecule has 0 amide bonds. The Hall–Kier alpha value is -2.12. The SMILES string of the molecule is Cc1cc(O)n(-c2ccccc2)c(=O)c1S(=O)(=O)O. The Kier molecular flexibility index (Phi) is 3.17. The van der Waals surface area contributed by atoms with Gasteiger partial charge in [0.05, 0.1) is 5.69 Å². The minimum atomic E-state index is -4.66. The topological polar surface area (TPSA) is 96.6 Å². The van der Waals surface area contributed by atoms with E-state index in [1.165, 1.54) is 19.1 Å². The van der Waals surface area contributed by atoms with Crippen LogP contribution in [0.4, 0.5) is 0 Å². The molecule has 0 aliphatic heterocycles. The van der Waals surface area contributed by atoms with Crippen molar-refractivity contribution in [3.63, 3.8) is 0 Å². The number of para-hydroxylation sites is 1. The Morgan fingerprint density at radius 1 is 1.16 bits per heavy atom. The summed E-state index contributed by atoms with van der Waals surface area (Å²) in [6, 6.07) is 9.15. The van der Waals surface area contributed by atoms with Gasteiger partial charge in [-0.25, -0.2) is 4.57 Å². The van der Waals surface area contributed by atoms with E-state index in [9.17, 15) is 18.3 Å². The molecule has 0 atom stereocenters. The van der Waals surface area contributed by atoms with Crippen LogP contribution >= 0.6 is 0 Å². The number of aromatic hydroxyl groups is 1. The summed E-state index contributed by atoms with van der Waals surface area (Å²) in [5.74, 6) is -0.402. The minimum Gasteiger partial charge on any atom is -0.494 e. The van der Waals surface area contributed by atoms with Gasteiger partial charge in [0.15, 0.2) is 10.8 Å². The second-order valence-corrected chi connectivity index (χ2v) is 5.32. The van der Waals surface area contributed by atoms with Gasteiger partial charge in [-0.2, -0.15) is 8.42 Å². The number of hydrogen-bond acceptors (Lipinski definition) is 4. The highest BCUT2D eigenvalue weighted by Gasteiger charge is 2.22. The van der Waals surface area contributed by atoms with Crippen molar-refractivity contribution in [3.05, 3.63) is 52.3 Å². The standard InChI is InChI=1S/C12H11NO5S/c1-8-7-10(14)13(9-5-3-2-4-6-9)12(15)11(8)19(16,17)18/h2-7,14H,1H3,(H,16,17,18). The smallest absolute Gasteiger partial charge is 0.300 e. The molecular formula is C12H11NO5S. The van der Waals surface area contributed by atoms with Crippen LogP contribution in [0.2, 0.25) is 0 Å². The minimum absolute atomic E-state index is 0.0165. The zero-order valence-electron chi connectivity index (χ0n) is 9.94. The highest BCUT2D eigenvalue weighted by atomic mass is 32.2. The van der Waals surface area contributed by atoms with Gasteiger partial charge in [-0.15, -0.1) is 0 Å². The molecule has 2 N–H and O–H groups in total. The van der Waals surface area contributed by atoms with E-state index in [0.717, 1.165) is 10.6 Å². The number of benzene rings is 1. The first-order valence-corrected chi connectivity index (χ1v) is 6.75. The molecule has 0 unspecified atom stereocenters. The number of rotatable bonds is 2. The average molecular weight is 281 g/mol. The molecule has 0 saturated carbocycles. The number of pyridine rings is 1. The van der Waals surface area contributed by atoms with Crippen LogP contribution in [0.15, 0.2) is 46.1 Å². The maximum absolute atomic E-state index is 12.1. The second-order valence-electron chi connectivity index (χ2n) is 3.97. The third-order valence-corrected chi connectivity index (χ3v) is 3.62. The predicted molar refractivity (Wildman–Crippen MR) is 68.3 cm³/mol. The van der Waals surface area contributed by atoms with Crippen molar-refractivity contribution >= 4 is 10.1 Å². The van der Waals surface area contributed by atoms with Crippen LogP contribution in [0.5, 0.6) is 5.88 Å². The Bertz CT molecular complexity index is 778. The molecule has 1 aromatic heterocycles. The molecule has 0 saturated heterocycles. The van der Waals surface area contributed by atoms with Gasteiger partial charge < -0.3 is 5.11 Å². The summed E-state index contributed by atoms with van der Waals surface area (Å²) >= 11 is 0. The summed E-state index contributed by atoms with van der Waals surface area (Å²) in [5, 5.41) is 9.80. The summed E-state index contributed by atoms with van der Waals surface area (Å²) in [4.78, 5) is 11.4. The van der Waals surface area contributed by atoms with Gasteiger partial charge in [-0.3, -0.25) is 9.35 Å². The van der Waals surface area contributed by atoms with Gasteiger partial charge in [-0.1, -0.05) is 18.2 Å². The van der Waals surface area contributed by atoms with Gasteiger partial charge in [0.2, 0.25) is 0 Å². The van der Waals surface area contributed by atoms with Crippen molar-refractivity contribution in [2.24, 2.45) is 0 Å². The van der Waals surface area contributed by atoms with E-state index in [4.69, 9.17) is 4.55 Å². The Morgan fingerprint density at radius 2 is 1.74 bits per heavy atom. The quantitative estimate of drug-likeness (QED) is 0.803. The third kappa shape index (κ3) is 2.38. The molecule has 0 spiro atoms. The molecule has 2 aromatic rings. The molecule has 2 rings (SSSR count). The average Bonchev–Trinajstić information content (AvgIpc) is 2.27. The highest BCUT2D eigenvalue weighted by Crippen LogP contribution is 2.19. The van der Waals surface area contributed by atoms with E-state index in [1.807, 2.05) is 0 Å². The van der Waals surface area contributed by atoms with E-state index in [2.05, 4.69) is 0 Å². The third-order valence-electron chi connectivity index (χ3n) is 2.60. The van der Waals surface area contributed by atoms with Crippen molar-refractivity contribution in [3.8, 4) is 11.6 Å². The molecule has 0 aliphatic rings. The molecule has 6 nitrogen and oxygen atoms in total. The van der Waals surface area contributed by atoms with Crippen molar-refractivity contribution in [2.75, 3.05) is 0 Å². The normalized spacial score (nSPS) is 11.5. The van der Waals surface area contributed by atoms with Gasteiger partial charge in [-0.05, 0) is 24.6 Å². The molecule has 19 heavy (non-hydrogen) atoms. The molecule has 0 bridgehead atoms. The number of hydrogen-bond donors (Lipinski definition) is 2. The lowest BCUT2D eigenvalue weighted by Gasteiger charge is -2.11. The van der Waals surface area contributed by atoms with Crippen molar-refractivity contribution < 1.29 is 18.1 Å². The molecule has 0 aliphatic carbocycles. The molecule has 0 radical (unpaired) electrons. The van der Waals surface area contributed by atoms with Crippen LogP contribution in [0.3, 0.4) is 0 Å². The van der Waals surface area contributed by atoms with Crippen LogP contribution in [0.1, 0.15) is 5.56 Å². The highest BCUT2D eigenvalue weighted by molar-refractivity contribution is 7.85. The largest absolute Gasteiger partial charge is 0.494 e. The molecule has 7 heteroatoms. The molecule has 1 aromatic carbocycles.